The fourth-order valence-corrected chi connectivity index (χ4v) is 12.7. The second kappa shape index (κ2) is 40.0. The van der Waals surface area contributed by atoms with Gasteiger partial charge in [-0.25, -0.2) is 9.59 Å². The molecule has 2 fully saturated rings. The molecular weight excluding hydrogens is 1250 g/mol. The van der Waals surface area contributed by atoms with Gasteiger partial charge in [0.1, 0.15) is 30.8 Å². The minimum Gasteiger partial charge on any atom is -0.445 e. The van der Waals surface area contributed by atoms with Crippen LogP contribution in [0.5, 0.6) is 0 Å². The third-order valence-corrected chi connectivity index (χ3v) is 18.4. The van der Waals surface area contributed by atoms with Crippen LogP contribution in [-0.2, 0) is 64.0 Å². The van der Waals surface area contributed by atoms with Crippen molar-refractivity contribution in [1.29, 1.82) is 0 Å². The molecule has 2 aliphatic heterocycles. The fraction of sp³-hybridized carbons (Fsp3) is 0.657. The number of aliphatic hydroxyl groups is 1. The Morgan fingerprint density at radius 3 is 2.01 bits per heavy atom. The van der Waals surface area contributed by atoms with Crippen LogP contribution >= 0.6 is 0 Å². The molecule has 2 aliphatic rings. The topological polar surface area (TPSA) is 359 Å². The molecular formula is C70H110N12O15. The summed E-state index contributed by atoms with van der Waals surface area (Å²) in [6.45, 7) is 18.6. The van der Waals surface area contributed by atoms with E-state index in [1.807, 2.05) is 32.0 Å². The summed E-state index contributed by atoms with van der Waals surface area (Å²) in [6, 6.07) is 8.72. The quantitative estimate of drug-likeness (QED) is 0.0241. The first-order valence-corrected chi connectivity index (χ1v) is 34.1. The minimum atomic E-state index is -1.12. The van der Waals surface area contributed by atoms with E-state index in [1.54, 1.807) is 116 Å². The van der Waals surface area contributed by atoms with Gasteiger partial charge in [0.25, 0.3) is 0 Å². The zero-order chi connectivity index (χ0) is 72.4. The van der Waals surface area contributed by atoms with Crippen LogP contribution in [-0.4, -0.2) is 206 Å². The number of methoxy groups -OCH3 is 2. The lowest BCUT2D eigenvalue weighted by molar-refractivity contribution is -0.148. The van der Waals surface area contributed by atoms with Crippen molar-refractivity contribution in [3.05, 3.63) is 65.7 Å². The number of hydrogen-bond acceptors (Lipinski definition) is 16. The molecule has 0 aromatic heterocycles. The number of likely N-dealkylation sites (tertiary alicyclic amines) is 2. The Balaban J connectivity index is 1.37. The SMILES string of the molecule is CC[C@H](C)[C@@H]([C@@H](CC(=O)N1CCC[C@H]1[C@H](OC)[C@@H](C)C(=O)N[C@H](C)[C@@H](O)c1ccccc1)OC)N(C)C(=O)[C@@H](NC(=O)[C@H](C(C)C)N(C)C(=O)OCc1ccc(NC(=O)[C@H](CCCNC(N)=O)NC(=O)[C@@H](NC(=O)CCCCCN2C(=O)CC(/C=N\C)C2=O)C(C)C)cc1)C(C)C. The molecule has 0 radical (unpaired) electrons. The standard InChI is InChI=1S/C70H110N12O15/c1-16-44(8)60(53(95-14)38-56(85)81-36-24-28-52(81)62(96-15)45(9)63(87)74-46(10)61(86)48-25-19-17-20-26-48)79(12)68(92)58(42(4)5)78-66(90)59(43(6)7)80(13)70(94)97-40-47-30-32-50(33-31-47)75-64(88)51(27-23-34-73-69(71)93)76-65(89)57(41(2)3)77-54(83)29-21-18-22-35-82-55(84)37-49(39-72-11)67(82)91/h17,19-20,25-26,30-33,39,41-46,49,51-53,57-62,86H,16,18,21-24,27-29,34-38,40H2,1-15H3,(H,74,87)(H,75,88)(H,76,89)(H,77,83)(H,78,90)(H3,71,73,93)/b72-39-/t44-,45+,46+,49?,51-,52-,53+,57-,58-,59-,60-,61+,62+/m0/s1. The molecule has 2 heterocycles. The van der Waals surface area contributed by atoms with Crippen LogP contribution in [0.3, 0.4) is 0 Å². The van der Waals surface area contributed by atoms with Crippen LogP contribution < -0.4 is 37.6 Å². The third kappa shape index (κ3) is 23.9. The highest BCUT2D eigenvalue weighted by Crippen LogP contribution is 2.31. The lowest BCUT2D eigenvalue weighted by atomic mass is 9.89. The Hall–Kier alpha value is -8.04. The van der Waals surface area contributed by atoms with E-state index < -0.39 is 126 Å². The first kappa shape index (κ1) is 81.4. The summed E-state index contributed by atoms with van der Waals surface area (Å²) < 4.78 is 17.8. The molecule has 2 aromatic carbocycles. The van der Waals surface area contributed by atoms with Crippen molar-refractivity contribution in [3.63, 3.8) is 0 Å². The van der Waals surface area contributed by atoms with E-state index in [1.165, 1.54) is 37.3 Å². The largest absolute Gasteiger partial charge is 0.445 e. The first-order chi connectivity index (χ1) is 45.9. The van der Waals surface area contributed by atoms with Crippen molar-refractivity contribution < 1.29 is 72.1 Å². The summed E-state index contributed by atoms with van der Waals surface area (Å²) >= 11 is 0. The number of ether oxygens (including phenoxy) is 3. The third-order valence-electron chi connectivity index (χ3n) is 18.4. The molecule has 12 amide bonds. The number of imide groups is 1. The van der Waals surface area contributed by atoms with Crippen LogP contribution in [0, 0.1) is 35.5 Å². The number of carbonyl (C=O) groups excluding carboxylic acids is 11. The lowest BCUT2D eigenvalue weighted by Crippen LogP contribution is -2.60. The zero-order valence-electron chi connectivity index (χ0n) is 59.6. The molecule has 2 saturated heterocycles. The maximum absolute atomic E-state index is 14.8. The minimum absolute atomic E-state index is 0.0788. The average molecular weight is 1360 g/mol. The number of urea groups is 1. The fourth-order valence-electron chi connectivity index (χ4n) is 12.7. The number of nitrogens with two attached hydrogens (primary N) is 1. The van der Waals surface area contributed by atoms with E-state index in [-0.39, 0.29) is 87.3 Å². The summed E-state index contributed by atoms with van der Waals surface area (Å²) in [6.07, 6.45) is 2.03. The molecule has 0 saturated carbocycles. The van der Waals surface area contributed by atoms with E-state index in [4.69, 9.17) is 19.9 Å². The maximum Gasteiger partial charge on any atom is 0.410 e. The number of unbranched alkanes of at least 4 members (excludes halogenated alkanes) is 2. The Bertz CT molecular complexity index is 2970. The van der Waals surface area contributed by atoms with E-state index in [0.29, 0.717) is 61.9 Å². The van der Waals surface area contributed by atoms with Gasteiger partial charge in [-0.2, -0.15) is 0 Å². The monoisotopic (exact) mass is 1360 g/mol. The number of hydrogen-bond donors (Lipinski definition) is 8. The number of likely N-dealkylation sites (N-methyl/N-ethyl adjacent to an activating group) is 2. The summed E-state index contributed by atoms with van der Waals surface area (Å²) in [5.41, 5.74) is 6.78. The van der Waals surface area contributed by atoms with Crippen LogP contribution in [0.2, 0.25) is 0 Å². The van der Waals surface area contributed by atoms with E-state index in [2.05, 4.69) is 36.9 Å². The number of primary amides is 1. The molecule has 9 N–H and O–H groups in total. The van der Waals surface area contributed by atoms with E-state index in [0.717, 1.165) is 0 Å². The molecule has 4 rings (SSSR count). The molecule has 0 spiro atoms. The Labute approximate surface area is 572 Å². The number of rotatable bonds is 39. The summed E-state index contributed by atoms with van der Waals surface area (Å²) in [4.78, 5) is 158. The van der Waals surface area contributed by atoms with Crippen molar-refractivity contribution in [3.8, 4) is 0 Å². The molecule has 540 valence electrons. The van der Waals surface area contributed by atoms with Crippen molar-refractivity contribution in [1.82, 2.24) is 46.2 Å². The van der Waals surface area contributed by atoms with Crippen molar-refractivity contribution in [2.24, 2.45) is 46.2 Å². The van der Waals surface area contributed by atoms with Gasteiger partial charge in [-0.15, -0.1) is 0 Å². The number of nitrogens with zero attached hydrogens (tertiary/aromatic N) is 5. The maximum atomic E-state index is 14.8. The number of benzene rings is 2. The molecule has 1 unspecified atom stereocenters. The van der Waals surface area contributed by atoms with E-state index in [9.17, 15) is 57.8 Å². The number of amides is 12. The van der Waals surface area contributed by atoms with Crippen molar-refractivity contribution in [2.45, 2.75) is 207 Å². The lowest BCUT2D eigenvalue weighted by Gasteiger charge is -2.41. The van der Waals surface area contributed by atoms with Crippen LogP contribution in [0.25, 0.3) is 0 Å². The highest BCUT2D eigenvalue weighted by Gasteiger charge is 2.44. The predicted octanol–water partition coefficient (Wildman–Crippen LogP) is 5.23. The van der Waals surface area contributed by atoms with Crippen LogP contribution in [0.1, 0.15) is 157 Å². The van der Waals surface area contributed by atoms with Gasteiger partial charge >= 0.3 is 12.1 Å². The van der Waals surface area contributed by atoms with Crippen LogP contribution in [0.15, 0.2) is 59.6 Å². The first-order valence-electron chi connectivity index (χ1n) is 34.1. The van der Waals surface area contributed by atoms with Gasteiger partial charge in [-0.05, 0) is 92.4 Å². The van der Waals surface area contributed by atoms with Gasteiger partial charge in [-0.3, -0.25) is 53.0 Å². The Morgan fingerprint density at radius 2 is 1.42 bits per heavy atom. The summed E-state index contributed by atoms with van der Waals surface area (Å²) in [7, 11) is 7.62. The van der Waals surface area contributed by atoms with Crippen molar-refractivity contribution >= 4 is 77.2 Å². The van der Waals surface area contributed by atoms with Gasteiger partial charge in [0, 0.05) is 79.7 Å². The normalized spacial score (nSPS) is 18.3. The Morgan fingerprint density at radius 1 is 0.763 bits per heavy atom. The molecule has 0 bridgehead atoms. The van der Waals surface area contributed by atoms with Gasteiger partial charge in [0.15, 0.2) is 0 Å². The number of anilines is 1. The number of aliphatic hydroxyl groups excluding tert-OH is 1. The highest BCUT2D eigenvalue weighted by atomic mass is 16.6. The average Bonchev–Trinajstić information content (AvgIpc) is 1.81. The molecule has 0 aliphatic carbocycles. The molecule has 27 heteroatoms. The second-order valence-corrected chi connectivity index (χ2v) is 26.7. The van der Waals surface area contributed by atoms with Gasteiger partial charge in [-0.1, -0.05) is 118 Å². The molecule has 97 heavy (non-hydrogen) atoms. The second-order valence-electron chi connectivity index (χ2n) is 26.7. The Kier molecular flexibility index (Phi) is 33.6. The number of aliphatic imine (C=N–C) groups is 1. The molecule has 13 atom stereocenters. The summed E-state index contributed by atoms with van der Waals surface area (Å²) in [5.74, 6) is -6.39. The van der Waals surface area contributed by atoms with Gasteiger partial charge in [0.2, 0.25) is 53.2 Å². The smallest absolute Gasteiger partial charge is 0.410 e. The predicted molar refractivity (Wildman–Crippen MR) is 367 cm³/mol. The number of nitrogens with one attached hydrogen (secondary N) is 6. The molecule has 2 aromatic rings. The van der Waals surface area contributed by atoms with E-state index >= 15 is 0 Å². The summed E-state index contributed by atoms with van der Waals surface area (Å²) in [5, 5.41) is 27.7. The van der Waals surface area contributed by atoms with Gasteiger partial charge in [0.05, 0.1) is 54.7 Å². The van der Waals surface area contributed by atoms with Crippen molar-refractivity contribution in [2.75, 3.05) is 60.3 Å². The number of carbonyl (C=O) groups is 11. The van der Waals surface area contributed by atoms with Gasteiger partial charge < -0.3 is 71.7 Å². The zero-order valence-corrected chi connectivity index (χ0v) is 59.6. The molecule has 27 nitrogen and oxygen atoms in total. The highest BCUT2D eigenvalue weighted by molar-refractivity contribution is 6.10. The van der Waals surface area contributed by atoms with Crippen LogP contribution in [0.4, 0.5) is 15.3 Å².